The van der Waals surface area contributed by atoms with Crippen molar-refractivity contribution >= 4 is 17.4 Å². The lowest BCUT2D eigenvalue weighted by Gasteiger charge is -2.23. The molecule has 1 heterocycles. The van der Waals surface area contributed by atoms with Crippen molar-refractivity contribution in [3.63, 3.8) is 0 Å². The van der Waals surface area contributed by atoms with Crippen molar-refractivity contribution in [2.75, 3.05) is 11.4 Å². The molecule has 1 aromatic heterocycles. The van der Waals surface area contributed by atoms with Crippen LogP contribution in [-0.4, -0.2) is 22.4 Å². The first-order valence-electron chi connectivity index (χ1n) is 5.54. The van der Waals surface area contributed by atoms with E-state index in [1.807, 2.05) is 18.7 Å². The van der Waals surface area contributed by atoms with E-state index in [1.165, 1.54) is 24.2 Å². The van der Waals surface area contributed by atoms with Gasteiger partial charge < -0.3 is 4.90 Å². The molecule has 0 aliphatic heterocycles. The molecule has 84 valence electrons. The van der Waals surface area contributed by atoms with Crippen LogP contribution in [0.25, 0.3) is 0 Å². The van der Waals surface area contributed by atoms with Gasteiger partial charge in [-0.15, -0.1) is 11.6 Å². The molecule has 1 aromatic rings. The zero-order chi connectivity index (χ0) is 11.0. The third-order valence-corrected chi connectivity index (χ3v) is 3.31. The Balaban J connectivity index is 2.39. The van der Waals surface area contributed by atoms with E-state index in [9.17, 15) is 0 Å². The molecule has 0 N–H and O–H groups in total. The normalized spacial score (nSPS) is 15.7. The van der Waals surface area contributed by atoms with Gasteiger partial charge in [-0.25, -0.2) is 0 Å². The lowest BCUT2D eigenvalue weighted by atomic mass is 10.2. The predicted molar refractivity (Wildman–Crippen MR) is 63.5 cm³/mol. The van der Waals surface area contributed by atoms with Crippen molar-refractivity contribution in [2.45, 2.75) is 38.6 Å². The lowest BCUT2D eigenvalue weighted by molar-refractivity contribution is 0.702. The number of rotatable bonds is 4. The minimum atomic E-state index is 0.554. The van der Waals surface area contributed by atoms with Crippen LogP contribution in [0, 0.1) is 6.92 Å². The van der Waals surface area contributed by atoms with E-state index in [0.29, 0.717) is 11.9 Å². The summed E-state index contributed by atoms with van der Waals surface area (Å²) in [6, 6.07) is 0.715. The van der Waals surface area contributed by atoms with E-state index in [4.69, 9.17) is 11.6 Å². The number of hydrogen-bond donors (Lipinski definition) is 0. The molecule has 15 heavy (non-hydrogen) atoms. The molecule has 2 rings (SSSR count). The number of aryl methyl sites for hydroxylation is 2. The second-order valence-corrected chi connectivity index (χ2v) is 4.43. The maximum Gasteiger partial charge on any atom is 0.131 e. The second-order valence-electron chi connectivity index (χ2n) is 4.16. The summed E-state index contributed by atoms with van der Waals surface area (Å²) < 4.78 is 1.97. The van der Waals surface area contributed by atoms with E-state index in [2.05, 4.69) is 16.9 Å². The highest BCUT2D eigenvalue weighted by Gasteiger charge is 2.31. The number of aromatic nitrogens is 2. The Labute approximate surface area is 96.0 Å². The highest BCUT2D eigenvalue weighted by Crippen LogP contribution is 2.34. The van der Waals surface area contributed by atoms with Gasteiger partial charge in [-0.3, -0.25) is 4.68 Å². The molecule has 4 heteroatoms. The van der Waals surface area contributed by atoms with Gasteiger partial charge in [0.25, 0.3) is 0 Å². The standard InChI is InChI=1S/C11H18ClN3/c1-4-15(9-5-6-9)11-10(7-12)8(2)13-14(11)3/h9H,4-7H2,1-3H3. The van der Waals surface area contributed by atoms with Gasteiger partial charge in [0.1, 0.15) is 5.82 Å². The zero-order valence-electron chi connectivity index (χ0n) is 9.63. The van der Waals surface area contributed by atoms with Crippen molar-refractivity contribution in [2.24, 2.45) is 7.05 Å². The highest BCUT2D eigenvalue weighted by atomic mass is 35.5. The summed E-state index contributed by atoms with van der Waals surface area (Å²) in [5.41, 5.74) is 2.24. The Morgan fingerprint density at radius 3 is 2.67 bits per heavy atom. The van der Waals surface area contributed by atoms with Gasteiger partial charge in [0, 0.05) is 25.2 Å². The molecule has 3 nitrogen and oxygen atoms in total. The molecule has 0 saturated heterocycles. The van der Waals surface area contributed by atoms with Crippen LogP contribution in [0.5, 0.6) is 0 Å². The van der Waals surface area contributed by atoms with Crippen LogP contribution in [-0.2, 0) is 12.9 Å². The first-order chi connectivity index (χ1) is 7.19. The first kappa shape index (κ1) is 10.8. The number of hydrogen-bond acceptors (Lipinski definition) is 2. The summed E-state index contributed by atoms with van der Waals surface area (Å²) in [6.45, 7) is 5.26. The summed E-state index contributed by atoms with van der Waals surface area (Å²) >= 11 is 6.00. The lowest BCUT2D eigenvalue weighted by Crippen LogP contribution is -2.28. The molecule has 0 unspecified atom stereocenters. The fourth-order valence-electron chi connectivity index (χ4n) is 2.17. The zero-order valence-corrected chi connectivity index (χ0v) is 10.4. The fraction of sp³-hybridized carbons (Fsp3) is 0.727. The molecular formula is C11H18ClN3. The number of nitrogens with zero attached hydrogens (tertiary/aromatic N) is 3. The van der Waals surface area contributed by atoms with Crippen LogP contribution in [0.1, 0.15) is 31.0 Å². The van der Waals surface area contributed by atoms with Gasteiger partial charge in [-0.05, 0) is 26.7 Å². The minimum Gasteiger partial charge on any atom is -0.354 e. The molecule has 0 bridgehead atoms. The third kappa shape index (κ3) is 1.85. The molecule has 0 spiro atoms. The maximum absolute atomic E-state index is 6.00. The molecular weight excluding hydrogens is 210 g/mol. The van der Waals surface area contributed by atoms with Gasteiger partial charge in [0.2, 0.25) is 0 Å². The van der Waals surface area contributed by atoms with Crippen LogP contribution in [0.2, 0.25) is 0 Å². The van der Waals surface area contributed by atoms with Gasteiger partial charge in [-0.1, -0.05) is 0 Å². The SMILES string of the molecule is CCN(c1c(CCl)c(C)nn1C)C1CC1. The van der Waals surface area contributed by atoms with Crippen LogP contribution in [0.4, 0.5) is 5.82 Å². The Kier molecular flexibility index (Phi) is 2.91. The van der Waals surface area contributed by atoms with Crippen molar-refractivity contribution < 1.29 is 0 Å². The summed E-state index contributed by atoms with van der Waals surface area (Å²) in [5.74, 6) is 1.77. The number of alkyl halides is 1. The Morgan fingerprint density at radius 1 is 1.53 bits per heavy atom. The largest absolute Gasteiger partial charge is 0.354 e. The van der Waals surface area contributed by atoms with E-state index in [-0.39, 0.29) is 0 Å². The van der Waals surface area contributed by atoms with Crippen LogP contribution < -0.4 is 4.90 Å². The number of anilines is 1. The topological polar surface area (TPSA) is 21.1 Å². The highest BCUT2D eigenvalue weighted by molar-refractivity contribution is 6.17. The maximum atomic E-state index is 6.00. The average molecular weight is 228 g/mol. The van der Waals surface area contributed by atoms with Crippen LogP contribution in [0.3, 0.4) is 0 Å². The smallest absolute Gasteiger partial charge is 0.131 e. The summed E-state index contributed by atoms with van der Waals surface area (Å²) in [5, 5.41) is 4.45. The third-order valence-electron chi connectivity index (χ3n) is 3.05. The van der Waals surface area contributed by atoms with E-state index >= 15 is 0 Å². The van der Waals surface area contributed by atoms with Crippen molar-refractivity contribution in [1.82, 2.24) is 9.78 Å². The molecule has 1 aliphatic carbocycles. The minimum absolute atomic E-state index is 0.554. The Morgan fingerprint density at radius 2 is 2.20 bits per heavy atom. The van der Waals surface area contributed by atoms with Gasteiger partial charge in [-0.2, -0.15) is 5.10 Å². The van der Waals surface area contributed by atoms with Crippen molar-refractivity contribution in [3.8, 4) is 0 Å². The second kappa shape index (κ2) is 4.05. The van der Waals surface area contributed by atoms with Crippen LogP contribution >= 0.6 is 11.6 Å². The molecule has 0 atom stereocenters. The Hall–Kier alpha value is -0.700. The molecule has 0 radical (unpaired) electrons. The van der Waals surface area contributed by atoms with Crippen LogP contribution in [0.15, 0.2) is 0 Å². The van der Waals surface area contributed by atoms with E-state index in [0.717, 1.165) is 12.2 Å². The summed E-state index contributed by atoms with van der Waals surface area (Å²) in [6.07, 6.45) is 2.61. The van der Waals surface area contributed by atoms with Crippen molar-refractivity contribution in [3.05, 3.63) is 11.3 Å². The predicted octanol–water partition coefficient (Wildman–Crippen LogP) is 2.46. The fourth-order valence-corrected chi connectivity index (χ4v) is 2.49. The number of halogens is 1. The Bertz CT molecular complexity index is 355. The summed E-state index contributed by atoms with van der Waals surface area (Å²) in [7, 11) is 2.00. The molecule has 0 amide bonds. The molecule has 1 aliphatic rings. The van der Waals surface area contributed by atoms with E-state index in [1.54, 1.807) is 0 Å². The first-order valence-corrected chi connectivity index (χ1v) is 6.07. The molecule has 1 saturated carbocycles. The van der Waals surface area contributed by atoms with Gasteiger partial charge >= 0.3 is 0 Å². The average Bonchev–Trinajstić information content (AvgIpc) is 2.97. The monoisotopic (exact) mass is 227 g/mol. The van der Waals surface area contributed by atoms with Gasteiger partial charge in [0.15, 0.2) is 0 Å². The summed E-state index contributed by atoms with van der Waals surface area (Å²) in [4.78, 5) is 2.43. The van der Waals surface area contributed by atoms with Crippen molar-refractivity contribution in [1.29, 1.82) is 0 Å². The van der Waals surface area contributed by atoms with Gasteiger partial charge in [0.05, 0.1) is 11.6 Å². The quantitative estimate of drug-likeness (QED) is 0.737. The molecule has 1 fully saturated rings. The molecule has 0 aromatic carbocycles. The van der Waals surface area contributed by atoms with E-state index < -0.39 is 0 Å².